The van der Waals surface area contributed by atoms with Crippen molar-refractivity contribution in [2.45, 2.75) is 13.0 Å². The Labute approximate surface area is 183 Å². The van der Waals surface area contributed by atoms with Gasteiger partial charge in [-0.05, 0) is 65.8 Å². The molecule has 2 aromatic rings. The lowest BCUT2D eigenvalue weighted by Gasteiger charge is -2.13. The van der Waals surface area contributed by atoms with Crippen LogP contribution in [0, 0.1) is 23.7 Å². The first-order valence-electron chi connectivity index (χ1n) is 9.78. The zero-order valence-corrected chi connectivity index (χ0v) is 17.4. The molecule has 30 heavy (non-hydrogen) atoms. The van der Waals surface area contributed by atoms with Crippen LogP contribution in [0.25, 0.3) is 0 Å². The third-order valence-electron chi connectivity index (χ3n) is 6.04. The Morgan fingerprint density at radius 1 is 0.967 bits per heavy atom. The number of amides is 2. The highest BCUT2D eigenvalue weighted by Crippen LogP contribution is 2.52. The minimum absolute atomic E-state index is 0.181. The van der Waals surface area contributed by atoms with Gasteiger partial charge in [0.2, 0.25) is 0 Å². The van der Waals surface area contributed by atoms with Crippen molar-refractivity contribution >= 4 is 41.2 Å². The van der Waals surface area contributed by atoms with Crippen LogP contribution in [-0.4, -0.2) is 23.0 Å². The van der Waals surface area contributed by atoms with Gasteiger partial charge in [-0.2, -0.15) is 10.1 Å². The average molecular weight is 441 g/mol. The molecule has 1 saturated carbocycles. The van der Waals surface area contributed by atoms with Crippen LogP contribution >= 0.6 is 23.2 Å². The first kappa shape index (κ1) is 19.3. The number of nitrogens with zero attached hydrogens (tertiary/aromatic N) is 2. The van der Waals surface area contributed by atoms with E-state index in [0.717, 1.165) is 22.6 Å². The molecule has 2 amide bonds. The van der Waals surface area contributed by atoms with E-state index in [1.807, 2.05) is 30.3 Å². The number of rotatable bonds is 5. The predicted octanol–water partition coefficient (Wildman–Crippen LogP) is 4.71. The van der Waals surface area contributed by atoms with E-state index in [2.05, 4.69) is 17.3 Å². The molecule has 152 valence electrons. The van der Waals surface area contributed by atoms with Crippen molar-refractivity contribution in [2.24, 2.45) is 28.8 Å². The molecule has 4 atom stereocenters. The van der Waals surface area contributed by atoms with Crippen molar-refractivity contribution in [3.05, 3.63) is 75.8 Å². The lowest BCUT2D eigenvalue weighted by Crippen LogP contribution is -2.28. The number of hydrogen-bond donors (Lipinski definition) is 0. The quantitative estimate of drug-likeness (QED) is 0.384. The molecule has 7 heteroatoms. The van der Waals surface area contributed by atoms with Crippen molar-refractivity contribution < 1.29 is 14.3 Å². The van der Waals surface area contributed by atoms with Gasteiger partial charge in [-0.15, -0.1) is 0 Å². The normalized spacial score (nSPS) is 26.8. The van der Waals surface area contributed by atoms with Gasteiger partial charge in [0, 0.05) is 0 Å². The van der Waals surface area contributed by atoms with Gasteiger partial charge in [-0.25, -0.2) is 0 Å². The second kappa shape index (κ2) is 7.56. The summed E-state index contributed by atoms with van der Waals surface area (Å²) < 4.78 is 5.76. The van der Waals surface area contributed by atoms with Crippen LogP contribution in [0.15, 0.2) is 59.7 Å². The van der Waals surface area contributed by atoms with E-state index in [-0.39, 0.29) is 35.5 Å². The van der Waals surface area contributed by atoms with E-state index in [1.165, 1.54) is 6.21 Å². The summed E-state index contributed by atoms with van der Waals surface area (Å²) >= 11 is 11.9. The summed E-state index contributed by atoms with van der Waals surface area (Å²) in [6, 6.07) is 12.6. The second-order valence-electron chi connectivity index (χ2n) is 7.84. The van der Waals surface area contributed by atoms with Gasteiger partial charge in [0.05, 0.1) is 28.1 Å². The summed E-state index contributed by atoms with van der Waals surface area (Å²) in [5.41, 5.74) is 1.69. The Morgan fingerprint density at radius 2 is 1.63 bits per heavy atom. The number of hydrogen-bond acceptors (Lipinski definition) is 4. The molecule has 2 fully saturated rings. The third-order valence-corrected chi connectivity index (χ3v) is 6.78. The molecule has 1 heterocycles. The Kier molecular flexibility index (Phi) is 4.88. The van der Waals surface area contributed by atoms with Gasteiger partial charge >= 0.3 is 0 Å². The number of allylic oxidation sites excluding steroid dienone is 2. The maximum Gasteiger partial charge on any atom is 0.254 e. The molecule has 1 saturated heterocycles. The van der Waals surface area contributed by atoms with E-state index < -0.39 is 0 Å². The zero-order chi connectivity index (χ0) is 20.8. The fraction of sp³-hybridized carbons (Fsp3) is 0.261. The van der Waals surface area contributed by atoms with Gasteiger partial charge in [0.1, 0.15) is 12.4 Å². The van der Waals surface area contributed by atoms with Crippen molar-refractivity contribution in [2.75, 3.05) is 0 Å². The largest absolute Gasteiger partial charge is 0.489 e. The number of carbonyl (C=O) groups is 2. The predicted molar refractivity (Wildman–Crippen MR) is 114 cm³/mol. The third kappa shape index (κ3) is 3.32. The lowest BCUT2D eigenvalue weighted by atomic mass is 9.85. The first-order chi connectivity index (χ1) is 14.5. The van der Waals surface area contributed by atoms with Crippen molar-refractivity contribution in [3.8, 4) is 5.75 Å². The minimum atomic E-state index is -0.234. The Hall–Kier alpha value is -2.63. The summed E-state index contributed by atoms with van der Waals surface area (Å²) in [5, 5.41) is 6.24. The van der Waals surface area contributed by atoms with Gasteiger partial charge in [-0.1, -0.05) is 41.4 Å². The first-order valence-corrected chi connectivity index (χ1v) is 10.5. The van der Waals surface area contributed by atoms with E-state index in [1.54, 1.807) is 12.1 Å². The fourth-order valence-corrected chi connectivity index (χ4v) is 4.89. The Balaban J connectivity index is 1.22. The van der Waals surface area contributed by atoms with Crippen LogP contribution in [0.1, 0.15) is 17.5 Å². The number of fused-ring (bicyclic) bond motifs is 5. The van der Waals surface area contributed by atoms with E-state index >= 15 is 0 Å². The van der Waals surface area contributed by atoms with Crippen molar-refractivity contribution in [1.29, 1.82) is 0 Å². The average Bonchev–Trinajstić information content (AvgIpc) is 3.43. The van der Waals surface area contributed by atoms with Gasteiger partial charge in [-0.3, -0.25) is 9.59 Å². The number of hydrazone groups is 1. The SMILES string of the molecule is O=C1[C@@H]2[C@H](C(=O)N1N=Cc1ccc(OCc3ccc(Cl)c(Cl)c3)cc1)[C@H]1C=C[C@H]2C1. The molecule has 0 unspecified atom stereocenters. The molecular formula is C23H18Cl2N2O3. The topological polar surface area (TPSA) is 59.0 Å². The summed E-state index contributed by atoms with van der Waals surface area (Å²) in [5.74, 6) is 0.221. The van der Waals surface area contributed by atoms with E-state index in [0.29, 0.717) is 22.4 Å². The van der Waals surface area contributed by atoms with Gasteiger partial charge < -0.3 is 4.74 Å². The number of imide groups is 1. The highest BCUT2D eigenvalue weighted by atomic mass is 35.5. The zero-order valence-electron chi connectivity index (χ0n) is 15.9. The van der Waals surface area contributed by atoms with Gasteiger partial charge in [0.15, 0.2) is 0 Å². The second-order valence-corrected chi connectivity index (χ2v) is 8.65. The highest BCUT2D eigenvalue weighted by molar-refractivity contribution is 6.42. The molecule has 1 aliphatic heterocycles. The van der Waals surface area contributed by atoms with E-state index in [4.69, 9.17) is 27.9 Å². The standard InChI is InChI=1S/C23H18Cl2N2O3/c24-18-8-3-14(9-19(18)25)12-30-17-6-1-13(2-7-17)11-26-27-22(28)20-15-4-5-16(10-15)21(20)23(27)29/h1-9,11,15-16,20-21H,10,12H2/t15-,16-,20-,21+/m0/s1. The molecule has 0 aromatic heterocycles. The molecule has 5 nitrogen and oxygen atoms in total. The van der Waals surface area contributed by atoms with Crippen LogP contribution in [0.3, 0.4) is 0 Å². The minimum Gasteiger partial charge on any atom is -0.489 e. The summed E-state index contributed by atoms with van der Waals surface area (Å²) in [7, 11) is 0. The van der Waals surface area contributed by atoms with Crippen LogP contribution < -0.4 is 4.74 Å². The molecule has 2 bridgehead atoms. The molecular weight excluding hydrogens is 423 g/mol. The van der Waals surface area contributed by atoms with E-state index in [9.17, 15) is 9.59 Å². The van der Waals surface area contributed by atoms with Crippen LogP contribution in [0.4, 0.5) is 0 Å². The number of carbonyl (C=O) groups excluding carboxylic acids is 2. The molecule has 3 aliphatic rings. The monoisotopic (exact) mass is 440 g/mol. The smallest absolute Gasteiger partial charge is 0.254 e. The lowest BCUT2D eigenvalue weighted by molar-refractivity contribution is -0.140. The molecule has 0 spiro atoms. The number of benzene rings is 2. The molecule has 2 aliphatic carbocycles. The number of ether oxygens (including phenoxy) is 1. The molecule has 5 rings (SSSR count). The van der Waals surface area contributed by atoms with Crippen LogP contribution in [-0.2, 0) is 16.2 Å². The summed E-state index contributed by atoms with van der Waals surface area (Å²) in [6.45, 7) is 0.361. The van der Waals surface area contributed by atoms with Crippen molar-refractivity contribution in [3.63, 3.8) is 0 Å². The summed E-state index contributed by atoms with van der Waals surface area (Å²) in [4.78, 5) is 25.3. The van der Waals surface area contributed by atoms with Crippen LogP contribution in [0.2, 0.25) is 10.0 Å². The van der Waals surface area contributed by atoms with Gasteiger partial charge in [0.25, 0.3) is 11.8 Å². The summed E-state index contributed by atoms with van der Waals surface area (Å²) in [6.07, 6.45) is 6.59. The molecule has 0 radical (unpaired) electrons. The maximum absolute atomic E-state index is 12.6. The fourth-order valence-electron chi connectivity index (χ4n) is 4.57. The number of halogens is 2. The van der Waals surface area contributed by atoms with Crippen LogP contribution in [0.5, 0.6) is 5.75 Å². The maximum atomic E-state index is 12.6. The Bertz CT molecular complexity index is 1050. The van der Waals surface area contributed by atoms with Crippen molar-refractivity contribution in [1.82, 2.24) is 5.01 Å². The Morgan fingerprint density at radius 3 is 2.27 bits per heavy atom. The highest BCUT2D eigenvalue weighted by Gasteiger charge is 2.59. The molecule has 2 aromatic carbocycles. The molecule has 0 N–H and O–H groups in total.